The van der Waals surface area contributed by atoms with E-state index in [-0.39, 0.29) is 0 Å². The van der Waals surface area contributed by atoms with Crippen LogP contribution in [0.4, 0.5) is 0 Å². The summed E-state index contributed by atoms with van der Waals surface area (Å²) in [4.78, 5) is 0. The maximum atomic E-state index is 6.23. The van der Waals surface area contributed by atoms with Gasteiger partial charge in [0.1, 0.15) is 5.76 Å². The molecule has 0 heterocycles. The number of benzene rings is 2. The lowest BCUT2D eigenvalue weighted by Crippen LogP contribution is -2.34. The Balaban J connectivity index is 1.38. The smallest absolute Gasteiger partial charge is 0.121 e. The lowest BCUT2D eigenvalue weighted by Gasteiger charge is -2.29. The highest BCUT2D eigenvalue weighted by molar-refractivity contribution is 5.67. The summed E-state index contributed by atoms with van der Waals surface area (Å²) in [7, 11) is 0. The molecule has 0 saturated heterocycles. The van der Waals surface area contributed by atoms with Crippen LogP contribution in [0.15, 0.2) is 84.3 Å². The Kier molecular flexibility index (Phi) is 7.65. The molecule has 1 N–H and O–H groups in total. The first kappa shape index (κ1) is 21.5. The lowest BCUT2D eigenvalue weighted by atomic mass is 9.92. The van der Waals surface area contributed by atoms with Crippen molar-refractivity contribution in [3.63, 3.8) is 0 Å². The molecule has 0 radical (unpaired) electrons. The number of hydrogen-bond acceptors (Lipinski definition) is 2. The molecule has 0 spiro atoms. The molecule has 4 rings (SSSR count). The van der Waals surface area contributed by atoms with E-state index in [1.54, 1.807) is 0 Å². The summed E-state index contributed by atoms with van der Waals surface area (Å²) >= 11 is 0. The van der Waals surface area contributed by atoms with Crippen LogP contribution < -0.4 is 5.32 Å². The normalized spacial score (nSPS) is 21.7. The Morgan fingerprint density at radius 1 is 1.00 bits per heavy atom. The molecule has 1 saturated carbocycles. The van der Waals surface area contributed by atoms with Crippen molar-refractivity contribution < 1.29 is 4.74 Å². The molecule has 2 nitrogen and oxygen atoms in total. The van der Waals surface area contributed by atoms with Crippen LogP contribution in [0.2, 0.25) is 0 Å². The minimum absolute atomic E-state index is 0.664. The number of allylic oxidation sites excluding steroid dienone is 5. The van der Waals surface area contributed by atoms with Crippen molar-refractivity contribution in [2.45, 2.75) is 64.3 Å². The van der Waals surface area contributed by atoms with Gasteiger partial charge in [-0.25, -0.2) is 0 Å². The number of rotatable bonds is 7. The number of ether oxygens (including phenoxy) is 1. The van der Waals surface area contributed by atoms with E-state index in [0.29, 0.717) is 12.6 Å². The SMILES string of the molecule is Cc1cc(CCOC2=C/C=C/CCCC\C(NC3CCC3)=C\2)ccc1-c1ccccc1. The molecule has 31 heavy (non-hydrogen) atoms. The summed E-state index contributed by atoms with van der Waals surface area (Å²) in [6, 6.07) is 18.0. The second kappa shape index (κ2) is 11.0. The van der Waals surface area contributed by atoms with Gasteiger partial charge in [0, 0.05) is 18.2 Å². The van der Waals surface area contributed by atoms with E-state index in [1.165, 1.54) is 60.1 Å². The predicted octanol–water partition coefficient (Wildman–Crippen LogP) is 7.26. The van der Waals surface area contributed by atoms with Crippen molar-refractivity contribution in [3.8, 4) is 11.1 Å². The van der Waals surface area contributed by atoms with E-state index in [2.05, 4.69) is 85.1 Å². The second-order valence-corrected chi connectivity index (χ2v) is 8.80. The first-order chi connectivity index (χ1) is 15.3. The standard InChI is InChI=1S/C29H35NO/c1-23-21-24(17-18-29(23)25-11-6-5-7-12-25)19-20-31-28-16-9-4-2-3-8-13-27(22-28)30-26-14-10-15-26/h4-7,9,11-12,16-18,21-22,26,30H,2-3,8,10,13-15,19-20H2,1H3/b9-4+,27-22-,28-16+. The molecule has 2 aromatic rings. The zero-order valence-electron chi connectivity index (χ0n) is 18.8. The zero-order chi connectivity index (χ0) is 21.3. The number of hydrogen-bond donors (Lipinski definition) is 1. The summed E-state index contributed by atoms with van der Waals surface area (Å²) in [5.74, 6) is 0.970. The minimum Gasteiger partial charge on any atom is -0.493 e. The summed E-state index contributed by atoms with van der Waals surface area (Å²) in [6.45, 7) is 2.89. The Morgan fingerprint density at radius 3 is 2.65 bits per heavy atom. The molecular formula is C29H35NO. The van der Waals surface area contributed by atoms with Crippen molar-refractivity contribution >= 4 is 0 Å². The van der Waals surface area contributed by atoms with Gasteiger partial charge in [-0.15, -0.1) is 0 Å². The van der Waals surface area contributed by atoms with E-state index in [0.717, 1.165) is 25.0 Å². The van der Waals surface area contributed by atoms with Crippen molar-refractivity contribution in [3.05, 3.63) is 95.4 Å². The Bertz CT molecular complexity index is 934. The topological polar surface area (TPSA) is 21.3 Å². The fraction of sp³-hybridized carbons (Fsp3) is 0.379. The average molecular weight is 414 g/mol. The monoisotopic (exact) mass is 413 g/mol. The van der Waals surface area contributed by atoms with E-state index >= 15 is 0 Å². The van der Waals surface area contributed by atoms with Crippen LogP contribution in [0, 0.1) is 6.92 Å². The molecule has 2 heteroatoms. The van der Waals surface area contributed by atoms with Gasteiger partial charge >= 0.3 is 0 Å². The van der Waals surface area contributed by atoms with Crippen LogP contribution in [-0.4, -0.2) is 12.6 Å². The van der Waals surface area contributed by atoms with Crippen LogP contribution in [0.5, 0.6) is 0 Å². The van der Waals surface area contributed by atoms with Crippen LogP contribution in [0.3, 0.4) is 0 Å². The van der Waals surface area contributed by atoms with Crippen molar-refractivity contribution in [2.75, 3.05) is 6.61 Å². The first-order valence-electron chi connectivity index (χ1n) is 11.9. The molecule has 162 valence electrons. The zero-order valence-corrected chi connectivity index (χ0v) is 18.8. The quantitative estimate of drug-likeness (QED) is 0.516. The van der Waals surface area contributed by atoms with Crippen LogP contribution in [0.1, 0.15) is 56.1 Å². The minimum atomic E-state index is 0.664. The van der Waals surface area contributed by atoms with Crippen molar-refractivity contribution in [2.24, 2.45) is 0 Å². The van der Waals surface area contributed by atoms with Crippen LogP contribution in [0.25, 0.3) is 11.1 Å². The fourth-order valence-corrected chi connectivity index (χ4v) is 4.26. The van der Waals surface area contributed by atoms with Gasteiger partial charge in [-0.05, 0) is 86.3 Å². The molecule has 0 aliphatic heterocycles. The second-order valence-electron chi connectivity index (χ2n) is 8.80. The van der Waals surface area contributed by atoms with Gasteiger partial charge in [-0.2, -0.15) is 0 Å². The molecule has 2 aliphatic carbocycles. The molecule has 2 aromatic carbocycles. The molecule has 0 atom stereocenters. The maximum Gasteiger partial charge on any atom is 0.121 e. The van der Waals surface area contributed by atoms with E-state index in [9.17, 15) is 0 Å². The van der Waals surface area contributed by atoms with Gasteiger partial charge in [0.05, 0.1) is 6.61 Å². The van der Waals surface area contributed by atoms with Gasteiger partial charge in [-0.3, -0.25) is 0 Å². The summed E-state index contributed by atoms with van der Waals surface area (Å²) < 4.78 is 6.23. The average Bonchev–Trinajstić information content (AvgIpc) is 2.76. The molecule has 0 amide bonds. The highest BCUT2D eigenvalue weighted by Crippen LogP contribution is 2.25. The third-order valence-electron chi connectivity index (χ3n) is 6.31. The highest BCUT2D eigenvalue weighted by atomic mass is 16.5. The molecule has 0 unspecified atom stereocenters. The molecule has 1 fully saturated rings. The third-order valence-corrected chi connectivity index (χ3v) is 6.31. The van der Waals surface area contributed by atoms with Gasteiger partial charge < -0.3 is 10.1 Å². The third kappa shape index (κ3) is 6.37. The molecule has 0 bridgehead atoms. The number of nitrogens with one attached hydrogen (secondary N) is 1. The largest absolute Gasteiger partial charge is 0.493 e. The van der Waals surface area contributed by atoms with E-state index < -0.39 is 0 Å². The van der Waals surface area contributed by atoms with Gasteiger partial charge in [0.15, 0.2) is 0 Å². The number of aryl methyl sites for hydroxylation is 1. The van der Waals surface area contributed by atoms with Gasteiger partial charge in [0.2, 0.25) is 0 Å². The Labute approximate surface area is 187 Å². The first-order valence-corrected chi connectivity index (χ1v) is 11.9. The molecule has 0 aromatic heterocycles. The molecular weight excluding hydrogens is 378 g/mol. The van der Waals surface area contributed by atoms with Crippen molar-refractivity contribution in [1.82, 2.24) is 5.32 Å². The predicted molar refractivity (Wildman–Crippen MR) is 131 cm³/mol. The molecule has 2 aliphatic rings. The van der Waals surface area contributed by atoms with Crippen LogP contribution in [-0.2, 0) is 11.2 Å². The lowest BCUT2D eigenvalue weighted by molar-refractivity contribution is 0.227. The van der Waals surface area contributed by atoms with Gasteiger partial charge in [-0.1, -0.05) is 60.7 Å². The van der Waals surface area contributed by atoms with Gasteiger partial charge in [0.25, 0.3) is 0 Å². The summed E-state index contributed by atoms with van der Waals surface area (Å²) in [5, 5.41) is 3.75. The maximum absolute atomic E-state index is 6.23. The van der Waals surface area contributed by atoms with E-state index in [1.807, 2.05) is 0 Å². The summed E-state index contributed by atoms with van der Waals surface area (Å²) in [6.07, 6.45) is 18.4. The highest BCUT2D eigenvalue weighted by Gasteiger charge is 2.18. The Morgan fingerprint density at radius 2 is 1.87 bits per heavy atom. The Hall–Kier alpha value is -2.74. The fourth-order valence-electron chi connectivity index (χ4n) is 4.26. The van der Waals surface area contributed by atoms with Crippen molar-refractivity contribution in [1.29, 1.82) is 0 Å². The summed E-state index contributed by atoms with van der Waals surface area (Å²) in [5.41, 5.74) is 6.56. The van der Waals surface area contributed by atoms with E-state index in [4.69, 9.17) is 4.74 Å². The van der Waals surface area contributed by atoms with Crippen LogP contribution >= 0.6 is 0 Å².